The molecule has 0 rings (SSSR count). The Balaban J connectivity index is 3.97. The topological polar surface area (TPSA) is 21.3 Å². The minimum absolute atomic E-state index is 0.364. The minimum Gasteiger partial charge on any atom is -0.382 e. The third-order valence-electron chi connectivity index (χ3n) is 3.17. The molecule has 1 N–H and O–H groups in total. The number of nitrogens with one attached hydrogen (secondary N) is 1. The fourth-order valence-corrected chi connectivity index (χ4v) is 2.20. The molecule has 0 aromatic heterocycles. The van der Waals surface area contributed by atoms with Crippen molar-refractivity contribution in [3.8, 4) is 0 Å². The Morgan fingerprint density at radius 3 is 2.25 bits per heavy atom. The molecule has 0 aliphatic heterocycles. The van der Waals surface area contributed by atoms with Crippen LogP contribution in [0.25, 0.3) is 0 Å². The van der Waals surface area contributed by atoms with E-state index in [0.29, 0.717) is 12.1 Å². The van der Waals surface area contributed by atoms with Crippen molar-refractivity contribution < 1.29 is 4.74 Å². The number of rotatable bonds is 10. The van der Waals surface area contributed by atoms with Gasteiger partial charge in [0, 0.05) is 13.2 Å². The van der Waals surface area contributed by atoms with E-state index in [9.17, 15) is 0 Å². The molecule has 0 saturated carbocycles. The number of hydrogen-bond donors (Lipinski definition) is 1. The second kappa shape index (κ2) is 10.1. The van der Waals surface area contributed by atoms with Gasteiger partial charge in [-0.2, -0.15) is 0 Å². The summed E-state index contributed by atoms with van der Waals surface area (Å²) in [7, 11) is 1.80. The predicted octanol–water partition coefficient (Wildman–Crippen LogP) is 3.61. The van der Waals surface area contributed by atoms with Crippen LogP contribution in [0.15, 0.2) is 0 Å². The van der Waals surface area contributed by atoms with Gasteiger partial charge in [-0.1, -0.05) is 33.6 Å². The highest BCUT2D eigenvalue weighted by molar-refractivity contribution is 4.72. The van der Waals surface area contributed by atoms with Crippen molar-refractivity contribution in [3.63, 3.8) is 0 Å². The van der Waals surface area contributed by atoms with E-state index in [1.54, 1.807) is 7.11 Å². The van der Waals surface area contributed by atoms with Gasteiger partial charge < -0.3 is 10.1 Å². The summed E-state index contributed by atoms with van der Waals surface area (Å²) in [6.45, 7) is 10.1. The van der Waals surface area contributed by atoms with Crippen molar-refractivity contribution in [2.75, 3.05) is 13.7 Å². The summed E-state index contributed by atoms with van der Waals surface area (Å²) in [4.78, 5) is 0. The molecular formula is C14H31NO. The molecule has 0 aliphatic carbocycles. The molecule has 0 aromatic rings. The Bertz CT molecular complexity index is 150. The maximum atomic E-state index is 5.36. The van der Waals surface area contributed by atoms with Crippen LogP contribution in [0.2, 0.25) is 0 Å². The van der Waals surface area contributed by atoms with Crippen LogP contribution >= 0.6 is 0 Å². The third kappa shape index (κ3) is 8.12. The molecule has 98 valence electrons. The Morgan fingerprint density at radius 2 is 1.75 bits per heavy atom. The summed E-state index contributed by atoms with van der Waals surface area (Å²) >= 11 is 0. The van der Waals surface area contributed by atoms with Gasteiger partial charge in [0.1, 0.15) is 0 Å². The molecular weight excluding hydrogens is 198 g/mol. The molecule has 0 spiro atoms. The highest BCUT2D eigenvalue weighted by Gasteiger charge is 2.15. The lowest BCUT2D eigenvalue weighted by Crippen LogP contribution is -2.34. The van der Waals surface area contributed by atoms with Crippen molar-refractivity contribution >= 4 is 0 Å². The van der Waals surface area contributed by atoms with Crippen LogP contribution in [0.1, 0.15) is 59.8 Å². The summed E-state index contributed by atoms with van der Waals surface area (Å²) < 4.78 is 5.36. The first kappa shape index (κ1) is 15.9. The molecule has 16 heavy (non-hydrogen) atoms. The predicted molar refractivity (Wildman–Crippen MR) is 71.9 cm³/mol. The molecule has 0 radical (unpaired) electrons. The van der Waals surface area contributed by atoms with Gasteiger partial charge in [0.05, 0.1) is 6.10 Å². The molecule has 0 aliphatic rings. The van der Waals surface area contributed by atoms with Crippen LogP contribution in [0.5, 0.6) is 0 Å². The van der Waals surface area contributed by atoms with Gasteiger partial charge in [-0.25, -0.2) is 0 Å². The molecule has 2 nitrogen and oxygen atoms in total. The van der Waals surface area contributed by atoms with E-state index in [1.165, 1.54) is 25.7 Å². The molecule has 0 amide bonds. The number of methoxy groups -OCH3 is 1. The van der Waals surface area contributed by atoms with Crippen LogP contribution in [-0.4, -0.2) is 25.8 Å². The summed E-state index contributed by atoms with van der Waals surface area (Å²) in [6.07, 6.45) is 6.61. The van der Waals surface area contributed by atoms with Crippen LogP contribution < -0.4 is 5.32 Å². The van der Waals surface area contributed by atoms with Gasteiger partial charge >= 0.3 is 0 Å². The van der Waals surface area contributed by atoms with Crippen LogP contribution in [0.4, 0.5) is 0 Å². The molecule has 0 aromatic carbocycles. The minimum atomic E-state index is 0.364. The standard InChI is InChI=1S/C14H31NO/c1-6-8-12(3)10-14(15-9-7-2)11-13(4)16-5/h12-15H,6-11H2,1-5H3. The van der Waals surface area contributed by atoms with E-state index in [4.69, 9.17) is 4.74 Å². The largest absolute Gasteiger partial charge is 0.382 e. The maximum Gasteiger partial charge on any atom is 0.0558 e. The van der Waals surface area contributed by atoms with E-state index in [1.807, 2.05) is 0 Å². The fraction of sp³-hybridized carbons (Fsp3) is 1.00. The van der Waals surface area contributed by atoms with Crippen LogP contribution in [0.3, 0.4) is 0 Å². The smallest absolute Gasteiger partial charge is 0.0558 e. The Morgan fingerprint density at radius 1 is 1.06 bits per heavy atom. The van der Waals surface area contributed by atoms with Gasteiger partial charge in [-0.05, 0) is 38.6 Å². The van der Waals surface area contributed by atoms with Crippen molar-refractivity contribution in [3.05, 3.63) is 0 Å². The molecule has 3 unspecified atom stereocenters. The van der Waals surface area contributed by atoms with E-state index in [2.05, 4.69) is 33.0 Å². The summed E-state index contributed by atoms with van der Waals surface area (Å²) in [5, 5.41) is 3.64. The Kier molecular flexibility index (Phi) is 10.0. The maximum absolute atomic E-state index is 5.36. The summed E-state index contributed by atoms with van der Waals surface area (Å²) in [5.41, 5.74) is 0. The van der Waals surface area contributed by atoms with Gasteiger partial charge in [0.2, 0.25) is 0 Å². The molecule has 3 atom stereocenters. The first-order valence-electron chi connectivity index (χ1n) is 6.90. The highest BCUT2D eigenvalue weighted by atomic mass is 16.5. The SMILES string of the molecule is CCCNC(CC(C)CCC)CC(C)OC. The van der Waals surface area contributed by atoms with Gasteiger partial charge in [0.25, 0.3) is 0 Å². The average molecular weight is 229 g/mol. The molecule has 0 bridgehead atoms. The quantitative estimate of drug-likeness (QED) is 0.618. The van der Waals surface area contributed by atoms with Crippen LogP contribution in [0, 0.1) is 5.92 Å². The van der Waals surface area contributed by atoms with E-state index in [0.717, 1.165) is 18.9 Å². The van der Waals surface area contributed by atoms with Gasteiger partial charge in [0.15, 0.2) is 0 Å². The Hall–Kier alpha value is -0.0800. The first-order chi connectivity index (χ1) is 7.63. The van der Waals surface area contributed by atoms with E-state index < -0.39 is 0 Å². The van der Waals surface area contributed by atoms with Crippen molar-refractivity contribution in [1.29, 1.82) is 0 Å². The molecule has 0 heterocycles. The van der Waals surface area contributed by atoms with Crippen molar-refractivity contribution in [2.45, 2.75) is 71.9 Å². The second-order valence-corrected chi connectivity index (χ2v) is 5.06. The average Bonchev–Trinajstić information content (AvgIpc) is 2.26. The monoisotopic (exact) mass is 229 g/mol. The highest BCUT2D eigenvalue weighted by Crippen LogP contribution is 2.16. The molecule has 0 fully saturated rings. The lowest BCUT2D eigenvalue weighted by atomic mass is 9.94. The number of ether oxygens (including phenoxy) is 1. The summed E-state index contributed by atoms with van der Waals surface area (Å²) in [5.74, 6) is 0.823. The van der Waals surface area contributed by atoms with E-state index in [-0.39, 0.29) is 0 Å². The second-order valence-electron chi connectivity index (χ2n) is 5.06. The van der Waals surface area contributed by atoms with Gasteiger partial charge in [-0.3, -0.25) is 0 Å². The van der Waals surface area contributed by atoms with Gasteiger partial charge in [-0.15, -0.1) is 0 Å². The third-order valence-corrected chi connectivity index (χ3v) is 3.17. The zero-order chi connectivity index (χ0) is 12.4. The fourth-order valence-electron chi connectivity index (χ4n) is 2.20. The summed E-state index contributed by atoms with van der Waals surface area (Å²) in [6, 6.07) is 0.622. The normalized spacial score (nSPS) is 17.1. The lowest BCUT2D eigenvalue weighted by Gasteiger charge is -2.24. The Labute approximate surface area is 102 Å². The zero-order valence-corrected chi connectivity index (χ0v) is 11.9. The first-order valence-corrected chi connectivity index (χ1v) is 6.90. The van der Waals surface area contributed by atoms with Crippen LogP contribution in [-0.2, 0) is 4.74 Å². The lowest BCUT2D eigenvalue weighted by molar-refractivity contribution is 0.0970. The molecule has 0 saturated heterocycles. The van der Waals surface area contributed by atoms with E-state index >= 15 is 0 Å². The zero-order valence-electron chi connectivity index (χ0n) is 11.9. The van der Waals surface area contributed by atoms with Crippen molar-refractivity contribution in [1.82, 2.24) is 5.32 Å². The number of hydrogen-bond acceptors (Lipinski definition) is 2. The molecule has 2 heteroatoms. The van der Waals surface area contributed by atoms with Crippen molar-refractivity contribution in [2.24, 2.45) is 5.92 Å².